The standard InChI is InChI=1S/C30H26FNO/c31-27-17-15-25(16-18-27)28-14-8-7-13-26(28)21-29(24-11-5-2-6-12-24)30-32(19-20-33-30)22-23-9-3-1-4-10-23/h1-18H,19-22H2/b30-29-. The fraction of sp³-hybridized carbons (Fsp3) is 0.133. The third-order valence-electron chi connectivity index (χ3n) is 6.02. The molecule has 4 aromatic rings. The van der Waals surface area contributed by atoms with Crippen molar-refractivity contribution in [1.82, 2.24) is 4.90 Å². The lowest BCUT2D eigenvalue weighted by Crippen LogP contribution is -2.19. The van der Waals surface area contributed by atoms with Crippen LogP contribution in [0.25, 0.3) is 16.7 Å². The SMILES string of the molecule is Fc1ccc(-c2ccccc2C/C(=C2/OCCN2Cc2ccccc2)c2ccccc2)cc1. The number of hydrogen-bond acceptors (Lipinski definition) is 2. The van der Waals surface area contributed by atoms with Crippen molar-refractivity contribution >= 4 is 5.57 Å². The number of rotatable bonds is 6. The van der Waals surface area contributed by atoms with E-state index in [2.05, 4.69) is 71.6 Å². The lowest BCUT2D eigenvalue weighted by molar-refractivity contribution is 0.233. The van der Waals surface area contributed by atoms with Crippen LogP contribution in [0.5, 0.6) is 0 Å². The molecule has 3 heteroatoms. The maximum atomic E-state index is 13.5. The van der Waals surface area contributed by atoms with Gasteiger partial charge in [0.15, 0.2) is 5.88 Å². The zero-order chi connectivity index (χ0) is 22.5. The Labute approximate surface area is 194 Å². The highest BCUT2D eigenvalue weighted by Gasteiger charge is 2.24. The van der Waals surface area contributed by atoms with Crippen molar-refractivity contribution in [2.24, 2.45) is 0 Å². The van der Waals surface area contributed by atoms with E-state index in [1.54, 1.807) is 0 Å². The van der Waals surface area contributed by atoms with Crippen molar-refractivity contribution in [3.63, 3.8) is 0 Å². The minimum absolute atomic E-state index is 0.223. The molecule has 0 aliphatic carbocycles. The molecular weight excluding hydrogens is 409 g/mol. The van der Waals surface area contributed by atoms with Crippen LogP contribution in [0, 0.1) is 5.82 Å². The Morgan fingerprint density at radius 1 is 0.758 bits per heavy atom. The Morgan fingerprint density at radius 3 is 2.18 bits per heavy atom. The Bertz CT molecular complexity index is 1230. The molecule has 1 saturated heterocycles. The highest BCUT2D eigenvalue weighted by atomic mass is 19.1. The van der Waals surface area contributed by atoms with Crippen LogP contribution in [0.4, 0.5) is 4.39 Å². The van der Waals surface area contributed by atoms with Gasteiger partial charge in [-0.2, -0.15) is 0 Å². The highest BCUT2D eigenvalue weighted by Crippen LogP contribution is 2.33. The summed E-state index contributed by atoms with van der Waals surface area (Å²) in [6, 6.07) is 36.0. The molecule has 0 bridgehead atoms. The minimum Gasteiger partial charge on any atom is -0.477 e. The van der Waals surface area contributed by atoms with E-state index in [1.807, 2.05) is 30.3 Å². The normalized spacial score (nSPS) is 14.8. The highest BCUT2D eigenvalue weighted by molar-refractivity contribution is 5.75. The van der Waals surface area contributed by atoms with Gasteiger partial charge in [0.25, 0.3) is 0 Å². The van der Waals surface area contributed by atoms with Gasteiger partial charge in [0, 0.05) is 18.5 Å². The molecule has 5 rings (SSSR count). The van der Waals surface area contributed by atoms with Gasteiger partial charge < -0.3 is 9.64 Å². The number of ether oxygens (including phenoxy) is 1. The Morgan fingerprint density at radius 2 is 1.42 bits per heavy atom. The molecule has 0 N–H and O–H groups in total. The monoisotopic (exact) mass is 435 g/mol. The summed E-state index contributed by atoms with van der Waals surface area (Å²) in [5, 5.41) is 0. The van der Waals surface area contributed by atoms with Gasteiger partial charge in [0.05, 0.1) is 6.54 Å². The second kappa shape index (κ2) is 9.74. The summed E-state index contributed by atoms with van der Waals surface area (Å²) in [5.41, 5.74) is 6.89. The van der Waals surface area contributed by atoms with E-state index in [0.29, 0.717) is 6.61 Å². The van der Waals surface area contributed by atoms with Crippen molar-refractivity contribution in [1.29, 1.82) is 0 Å². The number of nitrogens with zero attached hydrogens (tertiary/aromatic N) is 1. The molecule has 1 fully saturated rings. The summed E-state index contributed by atoms with van der Waals surface area (Å²) in [6.45, 7) is 2.35. The van der Waals surface area contributed by atoms with E-state index < -0.39 is 0 Å². The van der Waals surface area contributed by atoms with Crippen LogP contribution in [-0.2, 0) is 17.7 Å². The van der Waals surface area contributed by atoms with Crippen LogP contribution in [0.3, 0.4) is 0 Å². The summed E-state index contributed by atoms with van der Waals surface area (Å²) in [5.74, 6) is 0.721. The molecule has 2 nitrogen and oxygen atoms in total. The third kappa shape index (κ3) is 4.83. The average molecular weight is 436 g/mol. The van der Waals surface area contributed by atoms with Crippen LogP contribution in [-0.4, -0.2) is 18.1 Å². The average Bonchev–Trinajstić information content (AvgIpc) is 3.32. The predicted molar refractivity (Wildman–Crippen MR) is 132 cm³/mol. The largest absolute Gasteiger partial charge is 0.477 e. The van der Waals surface area contributed by atoms with Gasteiger partial charge in [-0.1, -0.05) is 97.1 Å². The van der Waals surface area contributed by atoms with Gasteiger partial charge in [-0.15, -0.1) is 0 Å². The van der Waals surface area contributed by atoms with E-state index in [-0.39, 0.29) is 5.82 Å². The van der Waals surface area contributed by atoms with Crippen molar-refractivity contribution in [2.45, 2.75) is 13.0 Å². The summed E-state index contributed by atoms with van der Waals surface area (Å²) in [6.07, 6.45) is 0.720. The molecule has 1 aliphatic heterocycles. The first-order valence-corrected chi connectivity index (χ1v) is 11.3. The molecule has 0 amide bonds. The maximum absolute atomic E-state index is 13.5. The van der Waals surface area contributed by atoms with Gasteiger partial charge >= 0.3 is 0 Å². The van der Waals surface area contributed by atoms with Crippen LogP contribution in [0.15, 0.2) is 115 Å². The zero-order valence-electron chi connectivity index (χ0n) is 18.5. The fourth-order valence-electron chi connectivity index (χ4n) is 4.39. The van der Waals surface area contributed by atoms with E-state index in [0.717, 1.165) is 42.1 Å². The van der Waals surface area contributed by atoms with E-state index in [9.17, 15) is 4.39 Å². The van der Waals surface area contributed by atoms with Crippen LogP contribution >= 0.6 is 0 Å². The molecule has 33 heavy (non-hydrogen) atoms. The Kier molecular flexibility index (Phi) is 6.21. The lowest BCUT2D eigenvalue weighted by Gasteiger charge is -2.22. The van der Waals surface area contributed by atoms with E-state index >= 15 is 0 Å². The molecule has 0 radical (unpaired) electrons. The third-order valence-corrected chi connectivity index (χ3v) is 6.02. The Hall–Kier alpha value is -3.85. The van der Waals surface area contributed by atoms with Crippen LogP contribution < -0.4 is 0 Å². The molecule has 0 atom stereocenters. The summed E-state index contributed by atoms with van der Waals surface area (Å²) in [7, 11) is 0. The quantitative estimate of drug-likeness (QED) is 0.325. The van der Waals surface area contributed by atoms with E-state index in [4.69, 9.17) is 4.74 Å². The second-order valence-corrected chi connectivity index (χ2v) is 8.25. The predicted octanol–water partition coefficient (Wildman–Crippen LogP) is 6.94. The molecule has 4 aromatic carbocycles. The van der Waals surface area contributed by atoms with Gasteiger partial charge in [-0.3, -0.25) is 0 Å². The van der Waals surface area contributed by atoms with Crippen LogP contribution in [0.1, 0.15) is 16.7 Å². The molecule has 0 unspecified atom stereocenters. The van der Waals surface area contributed by atoms with Crippen molar-refractivity contribution < 1.29 is 9.13 Å². The van der Waals surface area contributed by atoms with Crippen molar-refractivity contribution in [3.8, 4) is 11.1 Å². The minimum atomic E-state index is -0.223. The molecule has 0 aromatic heterocycles. The number of hydrogen-bond donors (Lipinski definition) is 0. The topological polar surface area (TPSA) is 12.5 Å². The summed E-state index contributed by atoms with van der Waals surface area (Å²) in [4.78, 5) is 2.33. The zero-order valence-corrected chi connectivity index (χ0v) is 18.5. The first-order chi connectivity index (χ1) is 16.3. The Balaban J connectivity index is 1.56. The van der Waals surface area contributed by atoms with Gasteiger partial charge in [0.2, 0.25) is 0 Å². The van der Waals surface area contributed by atoms with Crippen molar-refractivity contribution in [3.05, 3.63) is 138 Å². The summed E-state index contributed by atoms with van der Waals surface area (Å²) < 4.78 is 19.8. The fourth-order valence-corrected chi connectivity index (χ4v) is 4.39. The smallest absolute Gasteiger partial charge is 0.194 e. The molecule has 0 spiro atoms. The molecule has 164 valence electrons. The molecular formula is C30H26FNO. The lowest BCUT2D eigenvalue weighted by atomic mass is 9.92. The molecule has 1 heterocycles. The number of benzene rings is 4. The van der Waals surface area contributed by atoms with Crippen molar-refractivity contribution in [2.75, 3.05) is 13.2 Å². The second-order valence-electron chi connectivity index (χ2n) is 8.25. The van der Waals surface area contributed by atoms with E-state index in [1.165, 1.54) is 28.8 Å². The van der Waals surface area contributed by atoms with Gasteiger partial charge in [0.1, 0.15) is 12.4 Å². The number of halogens is 1. The number of allylic oxidation sites excluding steroid dienone is 1. The first kappa shape index (κ1) is 21.0. The van der Waals surface area contributed by atoms with Gasteiger partial charge in [-0.25, -0.2) is 4.39 Å². The molecule has 0 saturated carbocycles. The van der Waals surface area contributed by atoms with Gasteiger partial charge in [-0.05, 0) is 39.9 Å². The molecule has 1 aliphatic rings. The summed E-state index contributed by atoms with van der Waals surface area (Å²) >= 11 is 0. The first-order valence-electron chi connectivity index (χ1n) is 11.3. The maximum Gasteiger partial charge on any atom is 0.194 e. The van der Waals surface area contributed by atoms with Crippen LogP contribution in [0.2, 0.25) is 0 Å².